The van der Waals surface area contributed by atoms with Crippen molar-refractivity contribution in [2.24, 2.45) is 0 Å². The lowest BCUT2D eigenvalue weighted by Crippen LogP contribution is -2.24. The summed E-state index contributed by atoms with van der Waals surface area (Å²) in [6.07, 6.45) is 1.59. The molecule has 1 aromatic carbocycles. The highest BCUT2D eigenvalue weighted by molar-refractivity contribution is 5.99. The number of nitrogen functional groups attached to an aromatic ring is 1. The van der Waals surface area contributed by atoms with Crippen LogP contribution in [-0.2, 0) is 6.54 Å². The summed E-state index contributed by atoms with van der Waals surface area (Å²) >= 11 is 0. The Balaban J connectivity index is 2.02. The normalized spacial score (nSPS) is 10.1. The molecule has 2 aromatic rings. The Morgan fingerprint density at radius 3 is 2.85 bits per heavy atom. The molecule has 0 fully saturated rings. The molecule has 0 saturated carbocycles. The summed E-state index contributed by atoms with van der Waals surface area (Å²) in [6, 6.07) is 7.59. The zero-order valence-corrected chi connectivity index (χ0v) is 10.9. The molecule has 1 amide bonds. The van der Waals surface area contributed by atoms with Gasteiger partial charge < -0.3 is 15.8 Å². The smallest absolute Gasteiger partial charge is 0.253 e. The summed E-state index contributed by atoms with van der Waals surface area (Å²) in [7, 11) is 1.52. The van der Waals surface area contributed by atoms with Crippen LogP contribution in [0.4, 0.5) is 10.1 Å². The average molecular weight is 275 g/mol. The molecule has 3 N–H and O–H groups in total. The first-order chi connectivity index (χ1) is 9.61. The Kier molecular flexibility index (Phi) is 4.14. The maximum absolute atomic E-state index is 13.3. The minimum Gasteiger partial charge on any atom is -0.481 e. The Morgan fingerprint density at radius 2 is 2.20 bits per heavy atom. The van der Waals surface area contributed by atoms with E-state index < -0.39 is 11.7 Å². The van der Waals surface area contributed by atoms with Crippen molar-refractivity contribution in [3.63, 3.8) is 0 Å². The van der Waals surface area contributed by atoms with Crippen LogP contribution in [0.25, 0.3) is 0 Å². The zero-order valence-electron chi connectivity index (χ0n) is 10.9. The quantitative estimate of drug-likeness (QED) is 0.833. The standard InChI is InChI=1S/C14H14FN3O2/c1-20-12-6-5-9(7-17-12)8-18-14(19)10-3-2-4-11(15)13(10)16/h2-7H,8,16H2,1H3,(H,18,19). The molecule has 0 atom stereocenters. The number of para-hydroxylation sites is 1. The van der Waals surface area contributed by atoms with Crippen LogP contribution in [-0.4, -0.2) is 18.0 Å². The predicted molar refractivity (Wildman–Crippen MR) is 72.8 cm³/mol. The number of carbonyl (C=O) groups excluding carboxylic acids is 1. The summed E-state index contributed by atoms with van der Waals surface area (Å²) in [6.45, 7) is 0.270. The van der Waals surface area contributed by atoms with Crippen molar-refractivity contribution in [1.82, 2.24) is 10.3 Å². The molecule has 0 bridgehead atoms. The predicted octanol–water partition coefficient (Wildman–Crippen LogP) is 1.74. The van der Waals surface area contributed by atoms with Gasteiger partial charge >= 0.3 is 0 Å². The second-order valence-electron chi connectivity index (χ2n) is 4.09. The highest BCUT2D eigenvalue weighted by Crippen LogP contribution is 2.15. The van der Waals surface area contributed by atoms with Crippen LogP contribution in [0.5, 0.6) is 5.88 Å². The van der Waals surface area contributed by atoms with Gasteiger partial charge in [-0.1, -0.05) is 12.1 Å². The fraction of sp³-hybridized carbons (Fsp3) is 0.143. The minimum atomic E-state index is -0.608. The average Bonchev–Trinajstić information content (AvgIpc) is 2.48. The van der Waals surface area contributed by atoms with E-state index in [0.717, 1.165) is 5.56 Å². The Bertz CT molecular complexity index is 614. The van der Waals surface area contributed by atoms with E-state index in [4.69, 9.17) is 10.5 Å². The lowest BCUT2D eigenvalue weighted by atomic mass is 10.1. The highest BCUT2D eigenvalue weighted by Gasteiger charge is 2.12. The molecule has 1 heterocycles. The largest absolute Gasteiger partial charge is 0.481 e. The lowest BCUT2D eigenvalue weighted by molar-refractivity contribution is 0.0951. The van der Waals surface area contributed by atoms with Crippen LogP contribution in [0.1, 0.15) is 15.9 Å². The number of nitrogens with zero attached hydrogens (tertiary/aromatic N) is 1. The van der Waals surface area contributed by atoms with E-state index in [1.165, 1.54) is 25.3 Å². The van der Waals surface area contributed by atoms with Gasteiger partial charge in [-0.3, -0.25) is 4.79 Å². The number of rotatable bonds is 4. The number of nitrogens with two attached hydrogens (primary N) is 1. The van der Waals surface area contributed by atoms with Crippen molar-refractivity contribution in [2.45, 2.75) is 6.54 Å². The SMILES string of the molecule is COc1ccc(CNC(=O)c2cccc(F)c2N)cn1. The van der Waals surface area contributed by atoms with Gasteiger partial charge in [0.1, 0.15) is 5.82 Å². The fourth-order valence-electron chi connectivity index (χ4n) is 1.65. The van der Waals surface area contributed by atoms with Crippen molar-refractivity contribution in [3.05, 3.63) is 53.5 Å². The number of nitrogens with one attached hydrogen (secondary N) is 1. The van der Waals surface area contributed by atoms with Crippen molar-refractivity contribution < 1.29 is 13.9 Å². The van der Waals surface area contributed by atoms with Gasteiger partial charge in [0.25, 0.3) is 5.91 Å². The van der Waals surface area contributed by atoms with Crippen LogP contribution in [0.2, 0.25) is 0 Å². The molecule has 20 heavy (non-hydrogen) atoms. The van der Waals surface area contributed by atoms with Crippen molar-refractivity contribution in [1.29, 1.82) is 0 Å². The van der Waals surface area contributed by atoms with Gasteiger partial charge in [-0.05, 0) is 17.7 Å². The van der Waals surface area contributed by atoms with E-state index in [-0.39, 0.29) is 17.8 Å². The zero-order chi connectivity index (χ0) is 14.5. The van der Waals surface area contributed by atoms with Gasteiger partial charge in [0, 0.05) is 18.8 Å². The molecule has 104 valence electrons. The molecule has 5 nitrogen and oxygen atoms in total. The van der Waals surface area contributed by atoms with Crippen LogP contribution in [0.3, 0.4) is 0 Å². The van der Waals surface area contributed by atoms with E-state index in [2.05, 4.69) is 10.3 Å². The number of pyridine rings is 1. The molecule has 0 aliphatic heterocycles. The first kappa shape index (κ1) is 13.8. The molecular formula is C14H14FN3O2. The van der Waals surface area contributed by atoms with E-state index in [0.29, 0.717) is 5.88 Å². The van der Waals surface area contributed by atoms with Gasteiger partial charge in [0.15, 0.2) is 0 Å². The van der Waals surface area contributed by atoms with E-state index in [1.807, 2.05) is 0 Å². The van der Waals surface area contributed by atoms with E-state index >= 15 is 0 Å². The minimum absolute atomic E-state index is 0.117. The topological polar surface area (TPSA) is 77.2 Å². The fourth-order valence-corrected chi connectivity index (χ4v) is 1.65. The molecule has 0 radical (unpaired) electrons. The first-order valence-electron chi connectivity index (χ1n) is 5.93. The third kappa shape index (κ3) is 3.03. The van der Waals surface area contributed by atoms with E-state index in [1.54, 1.807) is 18.3 Å². The summed E-state index contributed by atoms with van der Waals surface area (Å²) < 4.78 is 18.2. The van der Waals surface area contributed by atoms with Crippen molar-refractivity contribution in [3.8, 4) is 5.88 Å². The second kappa shape index (κ2) is 6.01. The van der Waals surface area contributed by atoms with Crippen LogP contribution in [0, 0.1) is 5.82 Å². The third-order valence-electron chi connectivity index (χ3n) is 2.76. The van der Waals surface area contributed by atoms with Gasteiger partial charge in [0.05, 0.1) is 18.4 Å². The maximum Gasteiger partial charge on any atom is 0.253 e. The molecule has 2 rings (SSSR count). The maximum atomic E-state index is 13.3. The molecule has 6 heteroatoms. The lowest BCUT2D eigenvalue weighted by Gasteiger charge is -2.08. The highest BCUT2D eigenvalue weighted by atomic mass is 19.1. The number of halogens is 1. The Labute approximate surface area is 115 Å². The molecule has 0 unspecified atom stereocenters. The molecule has 0 aliphatic rings. The summed E-state index contributed by atoms with van der Waals surface area (Å²) in [5.41, 5.74) is 6.29. The number of ether oxygens (including phenoxy) is 1. The van der Waals surface area contributed by atoms with Gasteiger partial charge in [0.2, 0.25) is 5.88 Å². The molecule has 0 saturated heterocycles. The van der Waals surface area contributed by atoms with Crippen LogP contribution >= 0.6 is 0 Å². The van der Waals surface area contributed by atoms with Crippen molar-refractivity contribution >= 4 is 11.6 Å². The number of benzene rings is 1. The number of anilines is 1. The summed E-state index contributed by atoms with van der Waals surface area (Å²) in [5.74, 6) is -0.545. The van der Waals surface area contributed by atoms with Crippen LogP contribution < -0.4 is 15.8 Å². The van der Waals surface area contributed by atoms with Gasteiger partial charge in [-0.2, -0.15) is 0 Å². The number of methoxy groups -OCH3 is 1. The first-order valence-corrected chi connectivity index (χ1v) is 5.93. The number of aromatic nitrogens is 1. The van der Waals surface area contributed by atoms with Crippen molar-refractivity contribution in [2.75, 3.05) is 12.8 Å². The summed E-state index contributed by atoms with van der Waals surface area (Å²) in [5, 5.41) is 2.65. The van der Waals surface area contributed by atoms with E-state index in [9.17, 15) is 9.18 Å². The van der Waals surface area contributed by atoms with Crippen LogP contribution in [0.15, 0.2) is 36.5 Å². The molecule has 0 aliphatic carbocycles. The number of amides is 1. The Hall–Kier alpha value is -2.63. The van der Waals surface area contributed by atoms with Gasteiger partial charge in [-0.25, -0.2) is 9.37 Å². The monoisotopic (exact) mass is 275 g/mol. The number of hydrogen-bond donors (Lipinski definition) is 2. The molecule has 1 aromatic heterocycles. The van der Waals surface area contributed by atoms with Gasteiger partial charge in [-0.15, -0.1) is 0 Å². The summed E-state index contributed by atoms with van der Waals surface area (Å²) in [4.78, 5) is 15.9. The number of carbonyl (C=O) groups is 1. The third-order valence-corrected chi connectivity index (χ3v) is 2.76. The molecular weight excluding hydrogens is 261 g/mol. The Morgan fingerprint density at radius 1 is 1.40 bits per heavy atom. The molecule has 0 spiro atoms. The number of hydrogen-bond acceptors (Lipinski definition) is 4. The second-order valence-corrected chi connectivity index (χ2v) is 4.09.